The second-order valence-corrected chi connectivity index (χ2v) is 9.64. The number of methoxy groups -OCH3 is 2. The van der Waals surface area contributed by atoms with E-state index in [1.54, 1.807) is 14.2 Å². The molecule has 6 aromatic rings. The van der Waals surface area contributed by atoms with E-state index >= 15 is 0 Å². The molecule has 32 heavy (non-hydrogen) atoms. The third-order valence-electron chi connectivity index (χ3n) is 6.34. The van der Waals surface area contributed by atoms with Gasteiger partial charge in [-0.3, -0.25) is 0 Å². The Kier molecular flexibility index (Phi) is 4.56. The average molecular weight is 546 g/mol. The molecule has 0 fully saturated rings. The molecule has 0 aliphatic heterocycles. The standard InChI is InChI=1S/C28H18Br2O2/c1-31-15-7-9-19-21(11-15)27-23(13-25(19)29)17-5-3-4-6-18(17)24-14-26(30)20-10-8-16(32-2)12-22(20)28(24)27/h3-14H,1-2H3. The van der Waals surface area contributed by atoms with Crippen molar-refractivity contribution in [3.8, 4) is 11.5 Å². The molecule has 6 aromatic carbocycles. The summed E-state index contributed by atoms with van der Waals surface area (Å²) < 4.78 is 13.4. The first-order valence-electron chi connectivity index (χ1n) is 10.3. The molecule has 0 aromatic heterocycles. The number of hydrogen-bond donors (Lipinski definition) is 0. The van der Waals surface area contributed by atoms with Crippen LogP contribution in [0.25, 0.3) is 53.9 Å². The highest BCUT2D eigenvalue weighted by molar-refractivity contribution is 9.11. The molecule has 156 valence electrons. The Bertz CT molecular complexity index is 1590. The zero-order chi connectivity index (χ0) is 22.0. The zero-order valence-corrected chi connectivity index (χ0v) is 20.7. The molecule has 0 atom stereocenters. The van der Waals surface area contributed by atoms with Gasteiger partial charge in [-0.1, -0.05) is 56.1 Å². The molecule has 0 radical (unpaired) electrons. The van der Waals surface area contributed by atoms with Gasteiger partial charge in [0.25, 0.3) is 0 Å². The van der Waals surface area contributed by atoms with E-state index in [1.807, 2.05) is 12.1 Å². The number of rotatable bonds is 2. The van der Waals surface area contributed by atoms with Gasteiger partial charge < -0.3 is 9.47 Å². The highest BCUT2D eigenvalue weighted by Gasteiger charge is 2.17. The minimum absolute atomic E-state index is 0.845. The van der Waals surface area contributed by atoms with Crippen molar-refractivity contribution < 1.29 is 9.47 Å². The third kappa shape index (κ3) is 2.76. The van der Waals surface area contributed by atoms with E-state index in [-0.39, 0.29) is 0 Å². The minimum Gasteiger partial charge on any atom is -0.497 e. The summed E-state index contributed by atoms with van der Waals surface area (Å²) in [6.07, 6.45) is 0. The van der Waals surface area contributed by atoms with Crippen LogP contribution >= 0.6 is 31.9 Å². The fourth-order valence-corrected chi connectivity index (χ4v) is 6.04. The van der Waals surface area contributed by atoms with Crippen molar-refractivity contribution in [3.63, 3.8) is 0 Å². The maximum atomic E-state index is 5.61. The minimum atomic E-state index is 0.845. The van der Waals surface area contributed by atoms with Crippen LogP contribution in [0, 0.1) is 0 Å². The Balaban J connectivity index is 2.04. The number of ether oxygens (including phenoxy) is 2. The maximum absolute atomic E-state index is 5.61. The third-order valence-corrected chi connectivity index (χ3v) is 7.66. The molecule has 0 unspecified atom stereocenters. The molecule has 0 amide bonds. The van der Waals surface area contributed by atoms with Gasteiger partial charge in [0.15, 0.2) is 0 Å². The van der Waals surface area contributed by atoms with Gasteiger partial charge in [0.1, 0.15) is 11.5 Å². The van der Waals surface area contributed by atoms with Gasteiger partial charge in [-0.25, -0.2) is 0 Å². The Morgan fingerprint density at radius 2 is 0.875 bits per heavy atom. The number of fused-ring (bicyclic) bond motifs is 10. The Labute approximate surface area is 202 Å². The van der Waals surface area contributed by atoms with Crippen molar-refractivity contribution in [1.82, 2.24) is 0 Å². The van der Waals surface area contributed by atoms with E-state index in [4.69, 9.17) is 9.47 Å². The molecule has 2 nitrogen and oxygen atoms in total. The van der Waals surface area contributed by atoms with Crippen LogP contribution in [0.3, 0.4) is 0 Å². The predicted molar refractivity (Wildman–Crippen MR) is 142 cm³/mol. The van der Waals surface area contributed by atoms with Gasteiger partial charge in [0.05, 0.1) is 14.2 Å². The SMILES string of the molecule is COc1ccc2c(Br)cc3c4ccccc4c4cc(Br)c5ccc(OC)cc5c4c3c2c1. The van der Waals surface area contributed by atoms with E-state index in [2.05, 4.69) is 92.5 Å². The number of halogens is 2. The average Bonchev–Trinajstić information content (AvgIpc) is 2.83. The van der Waals surface area contributed by atoms with E-state index in [0.29, 0.717) is 0 Å². The van der Waals surface area contributed by atoms with Gasteiger partial charge in [-0.15, -0.1) is 0 Å². The predicted octanol–water partition coefficient (Wildman–Crippen LogP) is 8.99. The topological polar surface area (TPSA) is 18.5 Å². The largest absolute Gasteiger partial charge is 0.497 e. The summed E-state index contributed by atoms with van der Waals surface area (Å²) in [5, 5.41) is 12.0. The van der Waals surface area contributed by atoms with Gasteiger partial charge in [0.2, 0.25) is 0 Å². The lowest BCUT2D eigenvalue weighted by Gasteiger charge is -2.17. The monoisotopic (exact) mass is 544 g/mol. The van der Waals surface area contributed by atoms with Crippen LogP contribution in [0.5, 0.6) is 11.5 Å². The van der Waals surface area contributed by atoms with Crippen molar-refractivity contribution in [3.05, 3.63) is 81.7 Å². The van der Waals surface area contributed by atoms with Crippen LogP contribution in [0.4, 0.5) is 0 Å². The Morgan fingerprint density at radius 1 is 0.469 bits per heavy atom. The van der Waals surface area contributed by atoms with Crippen LogP contribution in [-0.2, 0) is 0 Å². The molecular weight excluding hydrogens is 528 g/mol. The van der Waals surface area contributed by atoms with E-state index in [9.17, 15) is 0 Å². The maximum Gasteiger partial charge on any atom is 0.119 e. The molecule has 0 heterocycles. The summed E-state index contributed by atoms with van der Waals surface area (Å²) in [6, 6.07) is 25.7. The summed E-state index contributed by atoms with van der Waals surface area (Å²) in [5.41, 5.74) is 0. The van der Waals surface area contributed by atoms with Crippen LogP contribution in [0.15, 0.2) is 81.7 Å². The summed E-state index contributed by atoms with van der Waals surface area (Å²) in [5.74, 6) is 1.69. The second kappa shape index (κ2) is 7.36. The summed E-state index contributed by atoms with van der Waals surface area (Å²) in [6.45, 7) is 0. The van der Waals surface area contributed by atoms with Crippen molar-refractivity contribution in [2.24, 2.45) is 0 Å². The first kappa shape index (κ1) is 19.8. The van der Waals surface area contributed by atoms with Crippen molar-refractivity contribution in [2.45, 2.75) is 0 Å². The summed E-state index contributed by atoms with van der Waals surface area (Å²) in [4.78, 5) is 0. The van der Waals surface area contributed by atoms with Crippen LogP contribution in [0.1, 0.15) is 0 Å². The first-order chi connectivity index (χ1) is 15.6. The van der Waals surface area contributed by atoms with E-state index in [0.717, 1.165) is 42.0 Å². The lowest BCUT2D eigenvalue weighted by molar-refractivity contribution is 0.415. The number of hydrogen-bond acceptors (Lipinski definition) is 2. The Hall–Kier alpha value is -2.82. The Morgan fingerprint density at radius 3 is 1.28 bits per heavy atom. The normalized spacial score (nSPS) is 11.8. The quantitative estimate of drug-likeness (QED) is 0.202. The molecule has 0 spiro atoms. The van der Waals surface area contributed by atoms with Crippen LogP contribution < -0.4 is 9.47 Å². The molecule has 0 saturated heterocycles. The van der Waals surface area contributed by atoms with E-state index in [1.165, 1.54) is 32.3 Å². The molecule has 0 aliphatic rings. The van der Waals surface area contributed by atoms with Gasteiger partial charge in [-0.05, 0) is 102 Å². The lowest BCUT2D eigenvalue weighted by atomic mass is 9.88. The van der Waals surface area contributed by atoms with Crippen LogP contribution in [-0.4, -0.2) is 14.2 Å². The fourth-order valence-electron chi connectivity index (χ4n) is 4.89. The number of benzene rings is 6. The molecule has 6 rings (SSSR count). The molecular formula is C28H18Br2O2. The zero-order valence-electron chi connectivity index (χ0n) is 17.5. The van der Waals surface area contributed by atoms with Gasteiger partial charge in [-0.2, -0.15) is 0 Å². The van der Waals surface area contributed by atoms with Gasteiger partial charge >= 0.3 is 0 Å². The van der Waals surface area contributed by atoms with Crippen molar-refractivity contribution in [2.75, 3.05) is 14.2 Å². The van der Waals surface area contributed by atoms with Crippen molar-refractivity contribution >= 4 is 85.7 Å². The van der Waals surface area contributed by atoms with Crippen LogP contribution in [0.2, 0.25) is 0 Å². The van der Waals surface area contributed by atoms with E-state index < -0.39 is 0 Å². The smallest absolute Gasteiger partial charge is 0.119 e. The highest BCUT2D eigenvalue weighted by atomic mass is 79.9. The molecule has 0 bridgehead atoms. The second-order valence-electron chi connectivity index (χ2n) is 7.93. The van der Waals surface area contributed by atoms with Crippen molar-refractivity contribution in [1.29, 1.82) is 0 Å². The highest BCUT2D eigenvalue weighted by Crippen LogP contribution is 2.46. The van der Waals surface area contributed by atoms with Gasteiger partial charge in [0, 0.05) is 8.95 Å². The molecule has 0 aliphatic carbocycles. The summed E-state index contributed by atoms with van der Waals surface area (Å²) in [7, 11) is 3.43. The fraction of sp³-hybridized carbons (Fsp3) is 0.0714. The molecule has 4 heteroatoms. The summed E-state index contributed by atoms with van der Waals surface area (Å²) >= 11 is 7.66. The first-order valence-corrected chi connectivity index (χ1v) is 11.9. The molecule has 0 N–H and O–H groups in total. The molecule has 0 saturated carbocycles. The lowest BCUT2D eigenvalue weighted by Crippen LogP contribution is -1.90.